The number of hydrogen-bond acceptors (Lipinski definition) is 2. The molecule has 0 fully saturated rings. The van der Waals surface area contributed by atoms with E-state index in [0.29, 0.717) is 0 Å². The lowest BCUT2D eigenvalue weighted by Gasteiger charge is -2.03. The average Bonchev–Trinajstić information content (AvgIpc) is 2.11. The van der Waals surface area contributed by atoms with Gasteiger partial charge in [-0.15, -0.1) is 0 Å². The molecule has 0 aliphatic carbocycles. The number of rotatable bonds is 2. The van der Waals surface area contributed by atoms with Crippen LogP contribution in [0.2, 0.25) is 0 Å². The standard InChI is InChI=1S/C9H7F2NO/c1-13-6-4-8(10)7(2-3-12)9(11)5-6/h4-5H,2H2,1H3. The predicted molar refractivity (Wildman–Crippen MR) is 42.2 cm³/mol. The second kappa shape index (κ2) is 3.85. The summed E-state index contributed by atoms with van der Waals surface area (Å²) < 4.78 is 30.7. The molecule has 0 amide bonds. The topological polar surface area (TPSA) is 33.0 Å². The molecule has 2 nitrogen and oxygen atoms in total. The maximum atomic E-state index is 13.0. The Morgan fingerprint density at radius 1 is 1.38 bits per heavy atom. The van der Waals surface area contributed by atoms with Crippen LogP contribution in [-0.4, -0.2) is 7.11 Å². The van der Waals surface area contributed by atoms with Gasteiger partial charge in [0, 0.05) is 17.7 Å². The molecule has 0 radical (unpaired) electrons. The molecule has 4 heteroatoms. The molecule has 0 aliphatic heterocycles. The summed E-state index contributed by atoms with van der Waals surface area (Å²) >= 11 is 0. The fraction of sp³-hybridized carbons (Fsp3) is 0.222. The number of ether oxygens (including phenoxy) is 1. The van der Waals surface area contributed by atoms with Gasteiger partial charge in [-0.3, -0.25) is 0 Å². The first-order valence-corrected chi connectivity index (χ1v) is 3.58. The number of nitriles is 1. The first kappa shape index (κ1) is 9.46. The second-order valence-electron chi connectivity index (χ2n) is 2.40. The molecule has 0 aromatic heterocycles. The van der Waals surface area contributed by atoms with E-state index < -0.39 is 11.6 Å². The maximum absolute atomic E-state index is 13.0. The first-order chi connectivity index (χ1) is 6.19. The van der Waals surface area contributed by atoms with Gasteiger partial charge in [0.25, 0.3) is 0 Å². The Balaban J connectivity index is 3.16. The number of nitrogens with zero attached hydrogens (tertiary/aromatic N) is 1. The third-order valence-electron chi connectivity index (χ3n) is 1.61. The van der Waals surface area contributed by atoms with Crippen molar-refractivity contribution in [2.24, 2.45) is 0 Å². The summed E-state index contributed by atoms with van der Waals surface area (Å²) in [6.07, 6.45) is -0.276. The van der Waals surface area contributed by atoms with Crippen molar-refractivity contribution in [3.05, 3.63) is 29.3 Å². The lowest BCUT2D eigenvalue weighted by molar-refractivity contribution is 0.405. The molecule has 0 bridgehead atoms. The molecule has 13 heavy (non-hydrogen) atoms. The summed E-state index contributed by atoms with van der Waals surface area (Å²) in [6.45, 7) is 0. The lowest BCUT2D eigenvalue weighted by atomic mass is 10.1. The molecule has 68 valence electrons. The molecule has 0 saturated heterocycles. The smallest absolute Gasteiger partial charge is 0.134 e. The van der Waals surface area contributed by atoms with Crippen LogP contribution in [0.25, 0.3) is 0 Å². The van der Waals surface area contributed by atoms with Gasteiger partial charge in [-0.25, -0.2) is 8.78 Å². The molecule has 0 spiro atoms. The second-order valence-corrected chi connectivity index (χ2v) is 2.40. The Morgan fingerprint density at radius 2 is 1.92 bits per heavy atom. The zero-order chi connectivity index (χ0) is 9.84. The van der Waals surface area contributed by atoms with Crippen molar-refractivity contribution in [1.82, 2.24) is 0 Å². The van der Waals surface area contributed by atoms with Gasteiger partial charge in [-0.05, 0) is 0 Å². The largest absolute Gasteiger partial charge is 0.497 e. The van der Waals surface area contributed by atoms with Gasteiger partial charge in [0.1, 0.15) is 17.4 Å². The summed E-state index contributed by atoms with van der Waals surface area (Å²) in [7, 11) is 1.32. The summed E-state index contributed by atoms with van der Waals surface area (Å²) in [5, 5.41) is 8.28. The highest BCUT2D eigenvalue weighted by Gasteiger charge is 2.10. The van der Waals surface area contributed by atoms with Crippen LogP contribution < -0.4 is 4.74 Å². The van der Waals surface area contributed by atoms with Crippen molar-refractivity contribution in [3.63, 3.8) is 0 Å². The van der Waals surface area contributed by atoms with Crippen molar-refractivity contribution in [1.29, 1.82) is 5.26 Å². The molecule has 0 aliphatic rings. The highest BCUT2D eigenvalue weighted by Crippen LogP contribution is 2.20. The fourth-order valence-corrected chi connectivity index (χ4v) is 0.946. The Morgan fingerprint density at radius 3 is 2.31 bits per heavy atom. The minimum absolute atomic E-state index is 0.108. The van der Waals surface area contributed by atoms with Gasteiger partial charge in [-0.2, -0.15) is 5.26 Å². The Kier molecular flexibility index (Phi) is 2.80. The molecule has 0 atom stereocenters. The average molecular weight is 183 g/mol. The van der Waals surface area contributed by atoms with Crippen molar-refractivity contribution >= 4 is 0 Å². The number of methoxy groups -OCH3 is 1. The van der Waals surface area contributed by atoms with Crippen molar-refractivity contribution in [2.45, 2.75) is 6.42 Å². The van der Waals surface area contributed by atoms with E-state index in [-0.39, 0.29) is 17.7 Å². The lowest BCUT2D eigenvalue weighted by Crippen LogP contribution is -1.96. The SMILES string of the molecule is COc1cc(F)c(CC#N)c(F)c1. The molecule has 0 N–H and O–H groups in total. The maximum Gasteiger partial charge on any atom is 0.134 e. The van der Waals surface area contributed by atoms with Gasteiger partial charge in [0.05, 0.1) is 19.6 Å². The normalized spacial score (nSPS) is 9.38. The van der Waals surface area contributed by atoms with Crippen LogP contribution in [0.4, 0.5) is 8.78 Å². The summed E-state index contributed by atoms with van der Waals surface area (Å²) in [5.74, 6) is -1.39. The van der Waals surface area contributed by atoms with Gasteiger partial charge >= 0.3 is 0 Å². The summed E-state index contributed by atoms with van der Waals surface area (Å²) in [4.78, 5) is 0. The highest BCUT2D eigenvalue weighted by molar-refractivity contribution is 5.31. The van der Waals surface area contributed by atoms with E-state index in [4.69, 9.17) is 5.26 Å². The van der Waals surface area contributed by atoms with Gasteiger partial charge in [-0.1, -0.05) is 0 Å². The monoisotopic (exact) mass is 183 g/mol. The zero-order valence-electron chi connectivity index (χ0n) is 6.97. The van der Waals surface area contributed by atoms with Crippen LogP contribution in [0.3, 0.4) is 0 Å². The van der Waals surface area contributed by atoms with Crippen LogP contribution in [0, 0.1) is 23.0 Å². The minimum Gasteiger partial charge on any atom is -0.497 e. The molecule has 0 saturated carbocycles. The third kappa shape index (κ3) is 1.94. The number of hydrogen-bond donors (Lipinski definition) is 0. The molecule has 1 aromatic rings. The fourth-order valence-electron chi connectivity index (χ4n) is 0.946. The van der Waals surface area contributed by atoms with Crippen LogP contribution in [0.1, 0.15) is 5.56 Å². The van der Waals surface area contributed by atoms with Gasteiger partial charge < -0.3 is 4.74 Å². The number of halogens is 2. The Hall–Kier alpha value is -1.63. The summed E-state index contributed by atoms with van der Waals surface area (Å²) in [6, 6.07) is 3.78. The van der Waals surface area contributed by atoms with Gasteiger partial charge in [0.15, 0.2) is 0 Å². The van der Waals surface area contributed by atoms with E-state index in [1.165, 1.54) is 7.11 Å². The molecule has 0 unspecified atom stereocenters. The summed E-state index contributed by atoms with van der Waals surface area (Å²) in [5.41, 5.74) is -0.219. The van der Waals surface area contributed by atoms with E-state index in [2.05, 4.69) is 4.74 Å². The van der Waals surface area contributed by atoms with E-state index in [1.807, 2.05) is 0 Å². The van der Waals surface area contributed by atoms with Crippen molar-refractivity contribution in [2.75, 3.05) is 7.11 Å². The first-order valence-electron chi connectivity index (χ1n) is 3.58. The molecule has 1 aromatic carbocycles. The van der Waals surface area contributed by atoms with E-state index in [9.17, 15) is 8.78 Å². The minimum atomic E-state index is -0.751. The molecule has 1 rings (SSSR count). The third-order valence-corrected chi connectivity index (χ3v) is 1.61. The van der Waals surface area contributed by atoms with Crippen LogP contribution in [-0.2, 0) is 6.42 Å². The van der Waals surface area contributed by atoms with Crippen LogP contribution in [0.5, 0.6) is 5.75 Å². The Bertz CT molecular complexity index is 334. The van der Waals surface area contributed by atoms with Gasteiger partial charge in [0.2, 0.25) is 0 Å². The predicted octanol–water partition coefficient (Wildman–Crippen LogP) is 2.04. The highest BCUT2D eigenvalue weighted by atomic mass is 19.1. The van der Waals surface area contributed by atoms with Crippen molar-refractivity contribution < 1.29 is 13.5 Å². The number of benzene rings is 1. The van der Waals surface area contributed by atoms with E-state index >= 15 is 0 Å². The molecule has 0 heterocycles. The van der Waals surface area contributed by atoms with Crippen molar-refractivity contribution in [3.8, 4) is 11.8 Å². The van der Waals surface area contributed by atoms with E-state index in [1.54, 1.807) is 6.07 Å². The van der Waals surface area contributed by atoms with E-state index in [0.717, 1.165) is 12.1 Å². The zero-order valence-corrected chi connectivity index (χ0v) is 6.97. The van der Waals surface area contributed by atoms with Crippen LogP contribution in [0.15, 0.2) is 12.1 Å². The molecular formula is C9H7F2NO. The molecular weight excluding hydrogens is 176 g/mol. The van der Waals surface area contributed by atoms with Crippen LogP contribution >= 0.6 is 0 Å². The Labute approximate surface area is 74.4 Å². The quantitative estimate of drug-likeness (QED) is 0.702.